The molecule has 1 aromatic rings. The Morgan fingerprint density at radius 2 is 2.05 bits per heavy atom. The van der Waals surface area contributed by atoms with Crippen LogP contribution in [0.1, 0.15) is 50.2 Å². The lowest BCUT2D eigenvalue weighted by Gasteiger charge is -2.29. The molecule has 0 radical (unpaired) electrons. The van der Waals surface area contributed by atoms with E-state index in [2.05, 4.69) is 11.1 Å². The molecule has 0 aliphatic heterocycles. The summed E-state index contributed by atoms with van der Waals surface area (Å²) in [6.45, 7) is 6.45. The van der Waals surface area contributed by atoms with Crippen molar-refractivity contribution in [3.8, 4) is 6.07 Å². The van der Waals surface area contributed by atoms with Gasteiger partial charge in [0.25, 0.3) is 0 Å². The molecule has 0 spiro atoms. The summed E-state index contributed by atoms with van der Waals surface area (Å²) in [6.07, 6.45) is 2.92. The molecule has 1 rings (SSSR count). The second kappa shape index (κ2) is 7.39. The molecule has 0 atom stereocenters. The molecule has 0 aromatic carbocycles. The molecular formula is C15H23N3OS. The highest BCUT2D eigenvalue weighted by Crippen LogP contribution is 2.31. The van der Waals surface area contributed by atoms with Crippen molar-refractivity contribution in [2.75, 3.05) is 7.05 Å². The van der Waals surface area contributed by atoms with Crippen molar-refractivity contribution < 1.29 is 4.79 Å². The van der Waals surface area contributed by atoms with Gasteiger partial charge in [0.1, 0.15) is 5.41 Å². The Balaban J connectivity index is 2.85. The molecule has 0 aliphatic rings. The summed E-state index contributed by atoms with van der Waals surface area (Å²) in [6, 6.07) is 2.28. The highest BCUT2D eigenvalue weighted by atomic mass is 32.1. The first-order valence-electron chi connectivity index (χ1n) is 7.07. The lowest BCUT2D eigenvalue weighted by Crippen LogP contribution is -2.41. The zero-order valence-corrected chi connectivity index (χ0v) is 13.6. The van der Waals surface area contributed by atoms with Gasteiger partial charge in [0.05, 0.1) is 23.3 Å². The zero-order valence-electron chi connectivity index (χ0n) is 12.8. The molecule has 0 saturated heterocycles. The van der Waals surface area contributed by atoms with Gasteiger partial charge in [0.15, 0.2) is 0 Å². The van der Waals surface area contributed by atoms with Gasteiger partial charge >= 0.3 is 0 Å². The third kappa shape index (κ3) is 3.80. The largest absolute Gasteiger partial charge is 0.338 e. The van der Waals surface area contributed by atoms with Crippen LogP contribution in [-0.4, -0.2) is 22.8 Å². The Labute approximate surface area is 125 Å². The molecule has 0 saturated carbocycles. The van der Waals surface area contributed by atoms with Crippen molar-refractivity contribution in [3.05, 3.63) is 16.1 Å². The molecule has 1 aromatic heterocycles. The number of thiazole rings is 1. The van der Waals surface area contributed by atoms with Gasteiger partial charge in [0.2, 0.25) is 5.91 Å². The van der Waals surface area contributed by atoms with Gasteiger partial charge in [-0.1, -0.05) is 26.7 Å². The fraction of sp³-hybridized carbons (Fsp3) is 0.667. The Hall–Kier alpha value is -1.41. The maximum absolute atomic E-state index is 12.7. The molecule has 0 unspecified atom stereocenters. The van der Waals surface area contributed by atoms with Gasteiger partial charge < -0.3 is 4.90 Å². The normalized spacial score (nSPS) is 11.2. The summed E-state index contributed by atoms with van der Waals surface area (Å²) in [7, 11) is 1.76. The molecule has 0 aliphatic carbocycles. The number of rotatable bonds is 7. The molecule has 1 amide bonds. The second-order valence-electron chi connectivity index (χ2n) is 5.21. The molecule has 0 fully saturated rings. The number of aromatic nitrogens is 1. The van der Waals surface area contributed by atoms with Crippen LogP contribution >= 0.6 is 11.3 Å². The van der Waals surface area contributed by atoms with Crippen LogP contribution < -0.4 is 0 Å². The summed E-state index contributed by atoms with van der Waals surface area (Å²) in [5.41, 5.74) is 0.0201. The fourth-order valence-corrected chi connectivity index (χ4v) is 3.12. The summed E-state index contributed by atoms with van der Waals surface area (Å²) in [4.78, 5) is 18.7. The van der Waals surface area contributed by atoms with Crippen LogP contribution in [0.3, 0.4) is 0 Å². The average molecular weight is 293 g/mol. The number of nitriles is 1. The number of nitrogens with zero attached hydrogens (tertiary/aromatic N) is 3. The third-order valence-corrected chi connectivity index (χ3v) is 4.21. The first-order chi connectivity index (χ1) is 9.49. The van der Waals surface area contributed by atoms with Gasteiger partial charge in [-0.15, -0.1) is 11.3 Å². The highest BCUT2D eigenvalue weighted by Gasteiger charge is 2.39. The summed E-state index contributed by atoms with van der Waals surface area (Å²) in [5.74, 6) is -0.0747. The van der Waals surface area contributed by atoms with E-state index in [1.165, 1.54) is 0 Å². The number of carbonyl (C=O) groups is 1. The number of amides is 1. The van der Waals surface area contributed by atoms with Crippen LogP contribution in [0.15, 0.2) is 5.38 Å². The van der Waals surface area contributed by atoms with Crippen LogP contribution in [0.25, 0.3) is 0 Å². The maximum Gasteiger partial charge on any atom is 0.243 e. The number of hydrogen-bond acceptors (Lipinski definition) is 4. The number of aryl methyl sites for hydroxylation is 1. The number of carbonyl (C=O) groups excluding carboxylic acids is 1. The minimum absolute atomic E-state index is 0.0747. The second-order valence-corrected chi connectivity index (χ2v) is 6.28. The SMILES string of the molecule is CCCC(C#N)(CCC)C(=O)N(C)Cc1csc(C)n1. The summed E-state index contributed by atoms with van der Waals surface area (Å²) >= 11 is 1.58. The molecular weight excluding hydrogens is 270 g/mol. The van der Waals surface area contributed by atoms with Crippen molar-refractivity contribution in [2.24, 2.45) is 5.41 Å². The van der Waals surface area contributed by atoms with E-state index in [1.807, 2.05) is 26.2 Å². The Kier molecular flexibility index (Phi) is 6.15. The minimum Gasteiger partial charge on any atom is -0.338 e. The molecule has 1 heterocycles. The molecule has 0 bridgehead atoms. The van der Waals surface area contributed by atoms with Crippen molar-refractivity contribution in [1.29, 1.82) is 5.26 Å². The van der Waals surface area contributed by atoms with Crippen LogP contribution in [0.5, 0.6) is 0 Å². The van der Waals surface area contributed by atoms with Crippen molar-refractivity contribution in [2.45, 2.75) is 53.0 Å². The van der Waals surface area contributed by atoms with Gasteiger partial charge in [0, 0.05) is 12.4 Å². The van der Waals surface area contributed by atoms with Crippen LogP contribution in [0, 0.1) is 23.7 Å². The minimum atomic E-state index is -0.872. The summed E-state index contributed by atoms with van der Waals surface area (Å²) in [5, 5.41) is 12.5. The smallest absolute Gasteiger partial charge is 0.243 e. The van der Waals surface area contributed by atoms with E-state index in [-0.39, 0.29) is 5.91 Å². The van der Waals surface area contributed by atoms with Crippen molar-refractivity contribution >= 4 is 17.2 Å². The van der Waals surface area contributed by atoms with E-state index in [0.29, 0.717) is 19.4 Å². The molecule has 5 heteroatoms. The fourth-order valence-electron chi connectivity index (χ4n) is 2.51. The molecule has 4 nitrogen and oxygen atoms in total. The number of hydrogen-bond donors (Lipinski definition) is 0. The zero-order chi connectivity index (χ0) is 15.2. The van der Waals surface area contributed by atoms with E-state index in [0.717, 1.165) is 23.5 Å². The van der Waals surface area contributed by atoms with Gasteiger partial charge in [-0.05, 0) is 19.8 Å². The monoisotopic (exact) mass is 293 g/mol. The first kappa shape index (κ1) is 16.6. The van der Waals surface area contributed by atoms with E-state index in [9.17, 15) is 10.1 Å². The Bertz CT molecular complexity index is 484. The maximum atomic E-state index is 12.7. The average Bonchev–Trinajstić information content (AvgIpc) is 2.82. The van der Waals surface area contributed by atoms with E-state index in [4.69, 9.17) is 0 Å². The standard InChI is InChI=1S/C15H23N3OS/c1-5-7-15(11-16,8-6-2)14(19)18(4)9-13-10-20-12(3)17-13/h10H,5-9H2,1-4H3. The quantitative estimate of drug-likeness (QED) is 0.773. The van der Waals surface area contributed by atoms with Crippen molar-refractivity contribution in [1.82, 2.24) is 9.88 Å². The first-order valence-corrected chi connectivity index (χ1v) is 7.95. The van der Waals surface area contributed by atoms with Crippen LogP contribution in [0.2, 0.25) is 0 Å². The third-order valence-electron chi connectivity index (χ3n) is 3.39. The van der Waals surface area contributed by atoms with Gasteiger partial charge in [-0.2, -0.15) is 5.26 Å². The summed E-state index contributed by atoms with van der Waals surface area (Å²) < 4.78 is 0. The topological polar surface area (TPSA) is 57.0 Å². The van der Waals surface area contributed by atoms with Crippen LogP contribution in [0.4, 0.5) is 0 Å². The van der Waals surface area contributed by atoms with Crippen molar-refractivity contribution in [3.63, 3.8) is 0 Å². The Morgan fingerprint density at radius 1 is 1.45 bits per heavy atom. The van der Waals surface area contributed by atoms with Gasteiger partial charge in [-0.3, -0.25) is 4.79 Å². The van der Waals surface area contributed by atoms with E-state index < -0.39 is 5.41 Å². The highest BCUT2D eigenvalue weighted by molar-refractivity contribution is 7.09. The molecule has 110 valence electrons. The Morgan fingerprint density at radius 3 is 2.45 bits per heavy atom. The van der Waals surface area contributed by atoms with Gasteiger partial charge in [-0.25, -0.2) is 4.98 Å². The molecule has 20 heavy (non-hydrogen) atoms. The lowest BCUT2D eigenvalue weighted by atomic mass is 9.79. The lowest BCUT2D eigenvalue weighted by molar-refractivity contribution is -0.139. The van der Waals surface area contributed by atoms with Crippen LogP contribution in [-0.2, 0) is 11.3 Å². The molecule has 0 N–H and O–H groups in total. The predicted molar refractivity (Wildman–Crippen MR) is 81.2 cm³/mol. The van der Waals surface area contributed by atoms with E-state index in [1.54, 1.807) is 23.3 Å². The van der Waals surface area contributed by atoms with E-state index >= 15 is 0 Å². The predicted octanol–water partition coefficient (Wildman–Crippen LogP) is 3.52.